The summed E-state index contributed by atoms with van der Waals surface area (Å²) in [7, 11) is -2.95. The van der Waals surface area contributed by atoms with Gasteiger partial charge in [0.2, 0.25) is 0 Å². The van der Waals surface area contributed by atoms with Gasteiger partial charge >= 0.3 is 14.2 Å². The van der Waals surface area contributed by atoms with Gasteiger partial charge in [0.1, 0.15) is 0 Å². The molecule has 0 bridgehead atoms. The highest BCUT2D eigenvalue weighted by Gasteiger charge is 2.24. The molecule has 0 atom stereocenters. The number of fused-ring (bicyclic) bond motifs is 18. The van der Waals surface area contributed by atoms with Crippen LogP contribution < -0.4 is 10.9 Å². The van der Waals surface area contributed by atoms with E-state index in [4.69, 9.17) is 0 Å². The van der Waals surface area contributed by atoms with Crippen molar-refractivity contribution < 1.29 is 20.1 Å². The molecule has 0 fully saturated rings. The maximum atomic E-state index is 10.1. The zero-order valence-corrected chi connectivity index (χ0v) is 74.6. The standard InChI is InChI=1S/C48H30.C24H17BO2.C24H15Br.C14H11BO2.C10H6Br2/c1-2-12-33-29-37(24-20-31(33)10-1)47-43-14-5-7-16-45(43)48(46-17-8-6-15-44(46)47)38-25-22-34-28-36(23-21-35(34)30-38)40-18-9-19-41-39-13-4-3-11-32(39)26-27-42(40)41;26-25(27)24-21-11-5-3-9-19(21)23(20-10-4-6-12-22(20)24)18-14-13-16-7-1-2-8-17(16)15-18;25-20-12-10-17-14-19(9-8-18(17)15-20)22-6-3-7-23-21-5-2-1-4-16(21)11-13-24(22)23;16-15(17)14-7-3-6-12-11-5-2-1-4-10(11)8-9-13(12)14;11-9-3-1-7-5-10(12)4-2-8(7)6-9/h1-30H;1-15,26-27H;1-15H;1-9,16-17H;1-6H. The third-order valence-electron chi connectivity index (χ3n) is 25.2. The first-order chi connectivity index (χ1) is 63.4. The largest absolute Gasteiger partial charge is 0.489 e. The monoisotopic (exact) mass is 1840 g/mol. The molecule has 0 aliphatic heterocycles. The van der Waals surface area contributed by atoms with Crippen LogP contribution in [0.3, 0.4) is 0 Å². The van der Waals surface area contributed by atoms with E-state index < -0.39 is 14.2 Å². The molecule has 0 aliphatic carbocycles. The van der Waals surface area contributed by atoms with Crippen LogP contribution >= 0.6 is 47.8 Å². The molecule has 4 nitrogen and oxygen atoms in total. The van der Waals surface area contributed by atoms with E-state index in [2.05, 4.69) is 406 Å². The van der Waals surface area contributed by atoms with Crippen molar-refractivity contribution >= 4 is 235 Å². The molecule has 25 aromatic carbocycles. The predicted molar refractivity (Wildman–Crippen MR) is 565 cm³/mol. The van der Waals surface area contributed by atoms with Crippen molar-refractivity contribution in [1.29, 1.82) is 0 Å². The summed E-state index contributed by atoms with van der Waals surface area (Å²) in [4.78, 5) is 0. The van der Waals surface area contributed by atoms with E-state index in [9.17, 15) is 20.1 Å². The smallest absolute Gasteiger partial charge is 0.423 e. The molecule has 0 radical (unpaired) electrons. The summed E-state index contributed by atoms with van der Waals surface area (Å²) in [5.41, 5.74) is 13.5. The molecule has 0 spiro atoms. The van der Waals surface area contributed by atoms with Gasteiger partial charge in [-0.25, -0.2) is 0 Å². The van der Waals surface area contributed by atoms with Gasteiger partial charge in [-0.15, -0.1) is 0 Å². The lowest BCUT2D eigenvalue weighted by atomic mass is 9.72. The van der Waals surface area contributed by atoms with Crippen molar-refractivity contribution in [2.45, 2.75) is 0 Å². The quantitative estimate of drug-likeness (QED) is 0.0728. The Balaban J connectivity index is 0.000000106. The van der Waals surface area contributed by atoms with Crippen molar-refractivity contribution in [3.8, 4) is 55.6 Å². The van der Waals surface area contributed by atoms with Crippen LogP contribution in [-0.4, -0.2) is 34.3 Å². The summed E-state index contributed by atoms with van der Waals surface area (Å²) >= 11 is 10.4. The molecule has 0 unspecified atom stereocenters. The minimum Gasteiger partial charge on any atom is -0.423 e. The fraction of sp³-hybridized carbons (Fsp3) is 0. The van der Waals surface area contributed by atoms with Crippen molar-refractivity contribution in [2.75, 3.05) is 0 Å². The fourth-order valence-corrected chi connectivity index (χ4v) is 20.3. The van der Waals surface area contributed by atoms with E-state index in [1.165, 1.54) is 163 Å². The van der Waals surface area contributed by atoms with Gasteiger partial charge in [-0.1, -0.05) is 436 Å². The van der Waals surface area contributed by atoms with Crippen molar-refractivity contribution in [2.24, 2.45) is 0 Å². The van der Waals surface area contributed by atoms with Gasteiger partial charge in [-0.2, -0.15) is 0 Å². The second kappa shape index (κ2) is 35.6. The molecule has 4 N–H and O–H groups in total. The number of rotatable bonds is 7. The summed E-state index contributed by atoms with van der Waals surface area (Å²) in [5, 5.41) is 74.8. The van der Waals surface area contributed by atoms with Gasteiger partial charge in [0.15, 0.2) is 0 Å². The lowest BCUT2D eigenvalue weighted by molar-refractivity contribution is 0.425. The number of hydrogen-bond acceptors (Lipinski definition) is 4. The lowest BCUT2D eigenvalue weighted by Crippen LogP contribution is -2.31. The van der Waals surface area contributed by atoms with E-state index in [0.717, 1.165) is 67.6 Å². The van der Waals surface area contributed by atoms with Crippen molar-refractivity contribution in [3.05, 3.63) is 468 Å². The second-order valence-corrected chi connectivity index (χ2v) is 35.6. The van der Waals surface area contributed by atoms with E-state index in [1.54, 1.807) is 6.07 Å². The molecular weight excluding hydrogens is 1770 g/mol. The molecule has 0 aliphatic rings. The molecule has 0 saturated heterocycles. The first-order valence-corrected chi connectivity index (χ1v) is 45.6. The van der Waals surface area contributed by atoms with Crippen LogP contribution in [-0.2, 0) is 0 Å². The van der Waals surface area contributed by atoms with Gasteiger partial charge in [0.05, 0.1) is 0 Å². The maximum absolute atomic E-state index is 10.1. The first-order valence-electron chi connectivity index (χ1n) is 43.2. The molecule has 0 saturated carbocycles. The van der Waals surface area contributed by atoms with Gasteiger partial charge < -0.3 is 20.1 Å². The lowest BCUT2D eigenvalue weighted by Gasteiger charge is -2.18. The highest BCUT2D eigenvalue weighted by molar-refractivity contribution is 9.11. The number of benzene rings is 25. The van der Waals surface area contributed by atoms with Gasteiger partial charge in [-0.3, -0.25) is 0 Å². The Morgan fingerprint density at radius 2 is 0.380 bits per heavy atom. The van der Waals surface area contributed by atoms with E-state index in [1.807, 2.05) is 91.0 Å². The third-order valence-corrected chi connectivity index (χ3v) is 26.7. The van der Waals surface area contributed by atoms with Crippen LogP contribution in [0.1, 0.15) is 0 Å². The van der Waals surface area contributed by atoms with Gasteiger partial charge in [0.25, 0.3) is 0 Å². The maximum Gasteiger partial charge on any atom is 0.489 e. The summed E-state index contributed by atoms with van der Waals surface area (Å²) < 4.78 is 3.36. The molecule has 25 aromatic rings. The number of hydrogen-bond donors (Lipinski definition) is 4. The molecular formula is C120H79B2Br3O4. The summed E-state index contributed by atoms with van der Waals surface area (Å²) in [6.07, 6.45) is 0. The van der Waals surface area contributed by atoms with E-state index in [-0.39, 0.29) is 0 Å². The third kappa shape index (κ3) is 16.0. The van der Waals surface area contributed by atoms with Gasteiger partial charge in [-0.05, 0) is 295 Å². The van der Waals surface area contributed by atoms with Crippen LogP contribution in [0.15, 0.2) is 468 Å². The highest BCUT2D eigenvalue weighted by atomic mass is 79.9. The first kappa shape index (κ1) is 81.8. The number of halogens is 3. The summed E-state index contributed by atoms with van der Waals surface area (Å²) in [6, 6.07) is 161. The van der Waals surface area contributed by atoms with Crippen LogP contribution in [0.2, 0.25) is 0 Å². The van der Waals surface area contributed by atoms with Gasteiger partial charge in [0, 0.05) is 13.4 Å². The van der Waals surface area contributed by atoms with E-state index >= 15 is 0 Å². The Labute approximate surface area is 772 Å². The highest BCUT2D eigenvalue weighted by Crippen LogP contribution is 2.47. The fourth-order valence-electron chi connectivity index (χ4n) is 19.2. The average molecular weight is 1850 g/mol. The summed E-state index contributed by atoms with van der Waals surface area (Å²) in [6.45, 7) is 0. The van der Waals surface area contributed by atoms with E-state index in [0.29, 0.717) is 10.9 Å². The minimum absolute atomic E-state index is 0.549. The zero-order valence-electron chi connectivity index (χ0n) is 69.9. The Bertz CT molecular complexity index is 8580. The second-order valence-electron chi connectivity index (χ2n) is 32.8. The summed E-state index contributed by atoms with van der Waals surface area (Å²) in [5.74, 6) is 0. The van der Waals surface area contributed by atoms with Crippen LogP contribution in [0, 0.1) is 0 Å². The SMILES string of the molecule is Brc1ccc2cc(-c3cccc4c3ccc3ccccc34)ccc2c1.Brc1ccc2cc(Br)ccc2c1.OB(O)c1c2ccccc2c(-c2ccc3ccccc3c2)c2ccccc12.OB(O)c1cccc2c1ccc1ccccc12.c1ccc2cc(-c3c4ccccc4c(-c4ccc5cc(-c6cccc7c6ccc6ccccc67)ccc5c4)c4ccccc34)ccc2c1. The Morgan fingerprint density at radius 1 is 0.147 bits per heavy atom. The van der Waals surface area contributed by atoms with Crippen molar-refractivity contribution in [3.63, 3.8) is 0 Å². The molecule has 9 heteroatoms. The van der Waals surface area contributed by atoms with Crippen molar-refractivity contribution in [1.82, 2.24) is 0 Å². The topological polar surface area (TPSA) is 80.9 Å². The molecule has 0 amide bonds. The van der Waals surface area contributed by atoms with Crippen LogP contribution in [0.25, 0.3) is 217 Å². The average Bonchev–Trinajstić information content (AvgIpc) is 0.875. The minimum atomic E-state index is -1.52. The molecule has 129 heavy (non-hydrogen) atoms. The predicted octanol–water partition coefficient (Wildman–Crippen LogP) is 31.7. The molecule has 25 rings (SSSR count). The zero-order chi connectivity index (χ0) is 87.2. The molecule has 0 aromatic heterocycles. The van der Waals surface area contributed by atoms with Crippen LogP contribution in [0.5, 0.6) is 0 Å². The Morgan fingerprint density at radius 3 is 0.729 bits per heavy atom. The molecule has 610 valence electrons. The molecule has 0 heterocycles. The van der Waals surface area contributed by atoms with Crippen LogP contribution in [0.4, 0.5) is 0 Å². The normalized spacial score (nSPS) is 11.4. The Kier molecular flexibility index (Phi) is 22.6. The Hall–Kier alpha value is -14.2.